The third-order valence-electron chi connectivity index (χ3n) is 9.08. The van der Waals surface area contributed by atoms with Crippen molar-refractivity contribution in [3.05, 3.63) is 164 Å². The van der Waals surface area contributed by atoms with E-state index in [-0.39, 0.29) is 0 Å². The van der Waals surface area contributed by atoms with Crippen LogP contribution in [0.25, 0.3) is 87.2 Å². The predicted octanol–water partition coefficient (Wildman–Crippen LogP) is 11.8. The highest BCUT2D eigenvalue weighted by atomic mass is 14.6. The molecular weight excluding hydrogens is 530 g/mol. The van der Waals surface area contributed by atoms with Gasteiger partial charge >= 0.3 is 0 Å². The number of hydrogen-bond acceptors (Lipinski definition) is 1. The Morgan fingerprint density at radius 1 is 0.295 bits per heavy atom. The lowest BCUT2D eigenvalue weighted by molar-refractivity contribution is 1.37. The normalized spacial score (nSPS) is 11.6. The molecule has 8 aromatic carbocycles. The minimum absolute atomic E-state index is 1.16. The summed E-state index contributed by atoms with van der Waals surface area (Å²) in [5.74, 6) is 0. The Balaban J connectivity index is 1.39. The summed E-state index contributed by atoms with van der Waals surface area (Å²) in [6, 6.07) is 55.4. The molecule has 9 aromatic rings. The van der Waals surface area contributed by atoms with Crippen molar-refractivity contribution in [1.82, 2.24) is 4.98 Å². The van der Waals surface area contributed by atoms with Crippen molar-refractivity contribution in [3.63, 3.8) is 0 Å². The highest BCUT2D eigenvalue weighted by molar-refractivity contribution is 6.22. The molecule has 0 saturated carbocycles. The van der Waals surface area contributed by atoms with Gasteiger partial charge in [0, 0.05) is 17.8 Å². The van der Waals surface area contributed by atoms with Gasteiger partial charge in [0.25, 0.3) is 0 Å². The molecule has 204 valence electrons. The van der Waals surface area contributed by atoms with Crippen molar-refractivity contribution in [2.75, 3.05) is 0 Å². The average molecular weight is 558 g/mol. The summed E-state index contributed by atoms with van der Waals surface area (Å²) in [5.41, 5.74) is 7.32. The number of fused-ring (bicyclic) bond motifs is 5. The van der Waals surface area contributed by atoms with E-state index in [1.165, 1.54) is 81.9 Å². The van der Waals surface area contributed by atoms with Gasteiger partial charge < -0.3 is 0 Å². The standard InChI is InChI=1S/C43H27N/c1-4-10-31-23-34(16-13-28(31)7-1)35-19-20-38-40(26-35)42(36-17-14-29-8-2-5-11-32(29)24-36)39-21-22-44-27-41(39)43(38)37-18-15-30-9-3-6-12-33(30)25-37/h1-27H. The second-order valence-electron chi connectivity index (χ2n) is 11.6. The molecule has 9 rings (SSSR count). The van der Waals surface area contributed by atoms with E-state index >= 15 is 0 Å². The molecule has 1 nitrogen and oxygen atoms in total. The van der Waals surface area contributed by atoms with Crippen LogP contribution in [0.4, 0.5) is 0 Å². The Labute approximate surface area is 255 Å². The molecule has 0 aliphatic heterocycles. The largest absolute Gasteiger partial charge is 0.264 e. The quantitative estimate of drug-likeness (QED) is 0.197. The van der Waals surface area contributed by atoms with Gasteiger partial charge in [-0.05, 0) is 112 Å². The van der Waals surface area contributed by atoms with E-state index in [1.54, 1.807) is 0 Å². The number of rotatable bonds is 3. The van der Waals surface area contributed by atoms with Crippen LogP contribution in [-0.2, 0) is 0 Å². The molecule has 1 aromatic heterocycles. The molecule has 0 unspecified atom stereocenters. The molecule has 0 aliphatic rings. The first-order valence-corrected chi connectivity index (χ1v) is 15.1. The van der Waals surface area contributed by atoms with E-state index < -0.39 is 0 Å². The van der Waals surface area contributed by atoms with Crippen LogP contribution in [0.3, 0.4) is 0 Å². The summed E-state index contributed by atoms with van der Waals surface area (Å²) < 4.78 is 0. The first kappa shape index (κ1) is 24.8. The Morgan fingerprint density at radius 3 is 1.32 bits per heavy atom. The molecular formula is C43H27N. The maximum atomic E-state index is 4.65. The fourth-order valence-corrected chi connectivity index (χ4v) is 6.93. The van der Waals surface area contributed by atoms with Gasteiger partial charge in [0.2, 0.25) is 0 Å². The maximum absolute atomic E-state index is 4.65. The van der Waals surface area contributed by atoms with Gasteiger partial charge in [-0.25, -0.2) is 0 Å². The van der Waals surface area contributed by atoms with Crippen molar-refractivity contribution in [2.45, 2.75) is 0 Å². The van der Waals surface area contributed by atoms with Crippen molar-refractivity contribution in [1.29, 1.82) is 0 Å². The molecule has 0 radical (unpaired) electrons. The monoisotopic (exact) mass is 557 g/mol. The van der Waals surface area contributed by atoms with Gasteiger partial charge in [0.1, 0.15) is 0 Å². The smallest absolute Gasteiger partial charge is 0.0353 e. The van der Waals surface area contributed by atoms with E-state index in [4.69, 9.17) is 0 Å². The van der Waals surface area contributed by atoms with Crippen LogP contribution in [0.1, 0.15) is 0 Å². The van der Waals surface area contributed by atoms with Crippen LogP contribution in [0, 0.1) is 0 Å². The number of pyridine rings is 1. The average Bonchev–Trinajstić information content (AvgIpc) is 3.09. The van der Waals surface area contributed by atoms with Crippen molar-refractivity contribution < 1.29 is 0 Å². The number of benzene rings is 8. The molecule has 1 heteroatoms. The molecule has 0 fully saturated rings. The molecule has 0 spiro atoms. The molecule has 0 N–H and O–H groups in total. The fourth-order valence-electron chi connectivity index (χ4n) is 6.93. The molecule has 0 atom stereocenters. The van der Waals surface area contributed by atoms with Crippen molar-refractivity contribution in [2.24, 2.45) is 0 Å². The van der Waals surface area contributed by atoms with Gasteiger partial charge in [-0.3, -0.25) is 4.98 Å². The van der Waals surface area contributed by atoms with Crippen molar-refractivity contribution in [3.8, 4) is 33.4 Å². The first-order valence-electron chi connectivity index (χ1n) is 15.1. The topological polar surface area (TPSA) is 12.9 Å². The van der Waals surface area contributed by atoms with E-state index in [2.05, 4.69) is 157 Å². The second-order valence-corrected chi connectivity index (χ2v) is 11.6. The van der Waals surface area contributed by atoms with Crippen molar-refractivity contribution >= 4 is 53.9 Å². The highest BCUT2D eigenvalue weighted by Gasteiger charge is 2.18. The molecule has 0 bridgehead atoms. The maximum Gasteiger partial charge on any atom is 0.0353 e. The van der Waals surface area contributed by atoms with Crippen LogP contribution < -0.4 is 0 Å². The summed E-state index contributed by atoms with van der Waals surface area (Å²) in [5, 5.41) is 12.3. The Morgan fingerprint density at radius 2 is 0.727 bits per heavy atom. The van der Waals surface area contributed by atoms with Gasteiger partial charge in [0.15, 0.2) is 0 Å². The van der Waals surface area contributed by atoms with E-state index in [9.17, 15) is 0 Å². The zero-order valence-corrected chi connectivity index (χ0v) is 24.0. The molecule has 1 heterocycles. The van der Waals surface area contributed by atoms with Crippen LogP contribution in [0.5, 0.6) is 0 Å². The van der Waals surface area contributed by atoms with Gasteiger partial charge in [-0.1, -0.05) is 121 Å². The summed E-state index contributed by atoms with van der Waals surface area (Å²) in [7, 11) is 0. The fraction of sp³-hybridized carbons (Fsp3) is 0. The lowest BCUT2D eigenvalue weighted by Gasteiger charge is -2.19. The second kappa shape index (κ2) is 9.90. The predicted molar refractivity (Wildman–Crippen MR) is 188 cm³/mol. The number of nitrogens with zero attached hydrogens (tertiary/aromatic N) is 1. The zero-order chi connectivity index (χ0) is 29.0. The van der Waals surface area contributed by atoms with Gasteiger partial charge in [-0.15, -0.1) is 0 Å². The van der Waals surface area contributed by atoms with Gasteiger partial charge in [-0.2, -0.15) is 0 Å². The molecule has 44 heavy (non-hydrogen) atoms. The third-order valence-corrected chi connectivity index (χ3v) is 9.08. The summed E-state index contributed by atoms with van der Waals surface area (Å²) in [6.45, 7) is 0. The SMILES string of the molecule is c1ccc2cc(-c3ccc4c(-c5ccc6ccccc6c5)c5cnccc5c(-c5ccc6ccccc6c5)c4c3)ccc2c1. The third kappa shape index (κ3) is 3.98. The molecule has 0 saturated heterocycles. The lowest BCUT2D eigenvalue weighted by Crippen LogP contribution is -1.93. The summed E-state index contributed by atoms with van der Waals surface area (Å²) >= 11 is 0. The Kier molecular flexibility index (Phi) is 5.57. The van der Waals surface area contributed by atoms with Crippen LogP contribution in [0.2, 0.25) is 0 Å². The van der Waals surface area contributed by atoms with E-state index in [0.29, 0.717) is 0 Å². The Bertz CT molecular complexity index is 2560. The van der Waals surface area contributed by atoms with Gasteiger partial charge in [0.05, 0.1) is 0 Å². The van der Waals surface area contributed by atoms with Crippen LogP contribution in [0.15, 0.2) is 164 Å². The van der Waals surface area contributed by atoms with Crippen LogP contribution in [-0.4, -0.2) is 4.98 Å². The van der Waals surface area contributed by atoms with E-state index in [1.807, 2.05) is 12.4 Å². The Hall–Kier alpha value is -5.79. The molecule has 0 amide bonds. The zero-order valence-electron chi connectivity index (χ0n) is 24.0. The minimum atomic E-state index is 1.16. The summed E-state index contributed by atoms with van der Waals surface area (Å²) in [4.78, 5) is 4.65. The minimum Gasteiger partial charge on any atom is -0.264 e. The number of hydrogen-bond donors (Lipinski definition) is 0. The van der Waals surface area contributed by atoms with E-state index in [0.717, 1.165) is 5.39 Å². The summed E-state index contributed by atoms with van der Waals surface area (Å²) in [6.07, 6.45) is 3.97. The number of aromatic nitrogens is 1. The highest BCUT2D eigenvalue weighted by Crippen LogP contribution is 2.45. The molecule has 0 aliphatic carbocycles. The first-order chi connectivity index (χ1) is 21.8. The lowest BCUT2D eigenvalue weighted by atomic mass is 9.84. The van der Waals surface area contributed by atoms with Crippen LogP contribution >= 0.6 is 0 Å².